The molecule has 0 aliphatic heterocycles. The van der Waals surface area contributed by atoms with E-state index >= 15 is 0 Å². The Morgan fingerprint density at radius 3 is 2.55 bits per heavy atom. The number of hydrogen-bond donors (Lipinski definition) is 1. The van der Waals surface area contributed by atoms with Crippen molar-refractivity contribution in [1.29, 1.82) is 0 Å². The molecule has 0 radical (unpaired) electrons. The third-order valence-corrected chi connectivity index (χ3v) is 4.12. The Bertz CT molecular complexity index is 824. The van der Waals surface area contributed by atoms with E-state index in [0.29, 0.717) is 18.5 Å². The number of Topliss-reactive ketones (excluding diaryl/α,β-unsaturated/α-hetero) is 2. The highest BCUT2D eigenvalue weighted by atomic mass is 16.3. The summed E-state index contributed by atoms with van der Waals surface area (Å²) in [6.07, 6.45) is 0.786. The van der Waals surface area contributed by atoms with E-state index in [1.165, 1.54) is 6.92 Å². The minimum Gasteiger partial charge on any atom is -0.510 e. The van der Waals surface area contributed by atoms with Crippen LogP contribution in [0.3, 0.4) is 0 Å². The lowest BCUT2D eigenvalue weighted by atomic mass is 9.78. The molecule has 0 saturated heterocycles. The molecule has 4 heteroatoms. The summed E-state index contributed by atoms with van der Waals surface area (Å²) in [7, 11) is 0. The normalized spacial score (nSPS) is 18.0. The Morgan fingerprint density at radius 1 is 1.23 bits per heavy atom. The topological polar surface area (TPSA) is 59.3 Å². The number of nitrogens with zero attached hydrogens (tertiary/aromatic N) is 1. The SMILES string of the molecule is CC(=O)c1cc2ccccc2n1C1=C(O)CC(C)(C)CC1=O. The second-order valence-electron chi connectivity index (χ2n) is 6.72. The quantitative estimate of drug-likeness (QED) is 0.853. The lowest BCUT2D eigenvalue weighted by Gasteiger charge is -2.30. The van der Waals surface area contributed by atoms with Gasteiger partial charge in [-0.25, -0.2) is 0 Å². The van der Waals surface area contributed by atoms with Gasteiger partial charge in [-0.1, -0.05) is 32.0 Å². The number of hydrogen-bond acceptors (Lipinski definition) is 3. The fourth-order valence-corrected chi connectivity index (χ4v) is 3.19. The second-order valence-corrected chi connectivity index (χ2v) is 6.72. The molecular formula is C18H19NO3. The largest absolute Gasteiger partial charge is 0.510 e. The van der Waals surface area contributed by atoms with Gasteiger partial charge in [-0.15, -0.1) is 0 Å². The highest BCUT2D eigenvalue weighted by molar-refractivity contribution is 6.19. The van der Waals surface area contributed by atoms with Crippen molar-refractivity contribution in [3.63, 3.8) is 0 Å². The number of aromatic nitrogens is 1. The van der Waals surface area contributed by atoms with Crippen LogP contribution in [-0.2, 0) is 4.79 Å². The summed E-state index contributed by atoms with van der Waals surface area (Å²) in [6, 6.07) is 9.27. The highest BCUT2D eigenvalue weighted by Gasteiger charge is 2.35. The number of allylic oxidation sites excluding steroid dienone is 2. The van der Waals surface area contributed by atoms with Crippen molar-refractivity contribution in [2.45, 2.75) is 33.6 Å². The van der Waals surface area contributed by atoms with Gasteiger partial charge in [0.1, 0.15) is 11.5 Å². The summed E-state index contributed by atoms with van der Waals surface area (Å²) >= 11 is 0. The molecule has 3 rings (SSSR count). The van der Waals surface area contributed by atoms with Crippen LogP contribution in [0.15, 0.2) is 36.1 Å². The van der Waals surface area contributed by atoms with Crippen molar-refractivity contribution >= 4 is 28.2 Å². The average Bonchev–Trinajstić information content (AvgIpc) is 2.76. The fourth-order valence-electron chi connectivity index (χ4n) is 3.19. The maximum Gasteiger partial charge on any atom is 0.183 e. The minimum absolute atomic E-state index is 0.0603. The molecule has 0 unspecified atom stereocenters. The van der Waals surface area contributed by atoms with Crippen molar-refractivity contribution in [2.24, 2.45) is 5.41 Å². The third kappa shape index (κ3) is 2.25. The number of ketones is 2. The van der Waals surface area contributed by atoms with Gasteiger partial charge in [0.2, 0.25) is 0 Å². The molecule has 0 bridgehead atoms. The predicted molar refractivity (Wildman–Crippen MR) is 85.8 cm³/mol. The van der Waals surface area contributed by atoms with E-state index in [0.717, 1.165) is 10.9 Å². The van der Waals surface area contributed by atoms with E-state index in [9.17, 15) is 14.7 Å². The fraction of sp³-hybridized carbons (Fsp3) is 0.333. The van der Waals surface area contributed by atoms with E-state index < -0.39 is 0 Å². The molecule has 1 heterocycles. The summed E-state index contributed by atoms with van der Waals surface area (Å²) in [4.78, 5) is 24.6. The molecule has 1 aliphatic rings. The molecular weight excluding hydrogens is 278 g/mol. The van der Waals surface area contributed by atoms with Gasteiger partial charge in [-0.2, -0.15) is 0 Å². The van der Waals surface area contributed by atoms with E-state index in [4.69, 9.17) is 0 Å². The van der Waals surface area contributed by atoms with Gasteiger partial charge in [0.25, 0.3) is 0 Å². The van der Waals surface area contributed by atoms with Crippen molar-refractivity contribution in [1.82, 2.24) is 4.57 Å². The molecule has 1 aromatic heterocycles. The molecule has 2 aromatic rings. The molecule has 114 valence electrons. The first-order valence-electron chi connectivity index (χ1n) is 7.37. The average molecular weight is 297 g/mol. The maximum absolute atomic E-state index is 12.6. The Hall–Kier alpha value is -2.36. The monoisotopic (exact) mass is 297 g/mol. The molecule has 4 nitrogen and oxygen atoms in total. The second kappa shape index (κ2) is 4.83. The summed E-state index contributed by atoms with van der Waals surface area (Å²) in [5, 5.41) is 11.3. The Morgan fingerprint density at radius 2 is 1.91 bits per heavy atom. The van der Waals surface area contributed by atoms with Crippen LogP contribution in [0.1, 0.15) is 44.1 Å². The van der Waals surface area contributed by atoms with Gasteiger partial charge in [0.05, 0.1) is 11.2 Å². The zero-order valence-electron chi connectivity index (χ0n) is 13.0. The Kier molecular flexibility index (Phi) is 3.20. The van der Waals surface area contributed by atoms with Crippen LogP contribution in [0, 0.1) is 5.41 Å². The first-order valence-corrected chi connectivity index (χ1v) is 7.37. The summed E-state index contributed by atoms with van der Waals surface area (Å²) in [5.41, 5.74) is 1.17. The minimum atomic E-state index is -0.260. The highest BCUT2D eigenvalue weighted by Crippen LogP contribution is 2.39. The van der Waals surface area contributed by atoms with E-state index in [2.05, 4.69) is 0 Å². The number of carbonyl (C=O) groups is 2. The number of benzene rings is 1. The van der Waals surface area contributed by atoms with E-state index in [1.54, 1.807) is 10.6 Å². The van der Waals surface area contributed by atoms with Crippen molar-refractivity contribution in [3.8, 4) is 0 Å². The molecule has 0 fully saturated rings. The zero-order valence-corrected chi connectivity index (χ0v) is 13.0. The van der Waals surface area contributed by atoms with E-state index in [1.807, 2.05) is 38.1 Å². The van der Waals surface area contributed by atoms with Crippen LogP contribution >= 0.6 is 0 Å². The van der Waals surface area contributed by atoms with E-state index in [-0.39, 0.29) is 28.4 Å². The molecule has 1 aliphatic carbocycles. The van der Waals surface area contributed by atoms with Gasteiger partial charge in [-0.3, -0.25) is 9.59 Å². The van der Waals surface area contributed by atoms with Crippen LogP contribution in [0.25, 0.3) is 16.6 Å². The molecule has 0 spiro atoms. The molecule has 0 amide bonds. The van der Waals surface area contributed by atoms with Gasteiger partial charge >= 0.3 is 0 Å². The van der Waals surface area contributed by atoms with Gasteiger partial charge in [-0.05, 0) is 17.5 Å². The van der Waals surface area contributed by atoms with Gasteiger partial charge in [0, 0.05) is 25.2 Å². The molecule has 0 atom stereocenters. The van der Waals surface area contributed by atoms with Crippen LogP contribution < -0.4 is 0 Å². The van der Waals surface area contributed by atoms with Crippen molar-refractivity contribution in [2.75, 3.05) is 0 Å². The predicted octanol–water partition coefficient (Wildman–Crippen LogP) is 3.96. The Labute approximate surface area is 129 Å². The number of rotatable bonds is 2. The van der Waals surface area contributed by atoms with Crippen molar-refractivity contribution in [3.05, 3.63) is 41.8 Å². The number of carbonyl (C=O) groups excluding carboxylic acids is 2. The Balaban J connectivity index is 2.32. The van der Waals surface area contributed by atoms with Crippen LogP contribution in [0.2, 0.25) is 0 Å². The van der Waals surface area contributed by atoms with Crippen LogP contribution in [0.5, 0.6) is 0 Å². The zero-order chi connectivity index (χ0) is 16.1. The number of para-hydroxylation sites is 1. The standard InChI is InChI=1S/C18H19NO3/c1-11(20)14-8-12-6-4-5-7-13(12)19(14)17-15(21)9-18(2,3)10-16(17)22/h4-8,21H,9-10H2,1-3H3. The summed E-state index contributed by atoms with van der Waals surface area (Å²) < 4.78 is 1.62. The lowest BCUT2D eigenvalue weighted by molar-refractivity contribution is -0.116. The third-order valence-electron chi connectivity index (χ3n) is 4.12. The molecule has 22 heavy (non-hydrogen) atoms. The number of aliphatic hydroxyl groups excluding tert-OH is 1. The van der Waals surface area contributed by atoms with Gasteiger partial charge < -0.3 is 9.67 Å². The summed E-state index contributed by atoms with van der Waals surface area (Å²) in [6.45, 7) is 5.38. The molecule has 0 saturated carbocycles. The van der Waals surface area contributed by atoms with Crippen LogP contribution in [-0.4, -0.2) is 21.2 Å². The number of fused-ring (bicyclic) bond motifs is 1. The van der Waals surface area contributed by atoms with Gasteiger partial charge in [0.15, 0.2) is 11.6 Å². The number of aliphatic hydroxyl groups is 1. The first-order chi connectivity index (χ1) is 10.3. The van der Waals surface area contributed by atoms with Crippen molar-refractivity contribution < 1.29 is 14.7 Å². The maximum atomic E-state index is 12.6. The smallest absolute Gasteiger partial charge is 0.183 e. The summed E-state index contributed by atoms with van der Waals surface area (Å²) in [5.74, 6) is -0.197. The molecule has 1 aromatic carbocycles. The van der Waals surface area contributed by atoms with Crippen LogP contribution in [0.4, 0.5) is 0 Å². The first kappa shape index (κ1) is 14.6. The lowest BCUT2D eigenvalue weighted by Crippen LogP contribution is -2.28. The molecule has 1 N–H and O–H groups in total.